The Balaban J connectivity index is 4.22. The minimum absolute atomic E-state index is 0.0950. The molecule has 0 saturated carbocycles. The summed E-state index contributed by atoms with van der Waals surface area (Å²) in [4.78, 5) is 38.1. The molecule has 0 aromatic heterocycles. The second kappa shape index (κ2) is 63.6. The van der Waals surface area contributed by atoms with Crippen molar-refractivity contribution in [1.29, 1.82) is 0 Å². The van der Waals surface area contributed by atoms with Crippen molar-refractivity contribution >= 4 is 17.9 Å². The van der Waals surface area contributed by atoms with E-state index in [9.17, 15) is 14.4 Å². The van der Waals surface area contributed by atoms with E-state index in [0.29, 0.717) is 19.3 Å². The maximum Gasteiger partial charge on any atom is 0.306 e. The Morgan fingerprint density at radius 3 is 0.829 bits per heavy atom. The summed E-state index contributed by atoms with van der Waals surface area (Å²) in [6.45, 7) is 6.46. The summed E-state index contributed by atoms with van der Waals surface area (Å²) in [5.41, 5.74) is 0. The van der Waals surface area contributed by atoms with Gasteiger partial charge in [0.15, 0.2) is 6.10 Å². The van der Waals surface area contributed by atoms with Crippen LogP contribution in [0.15, 0.2) is 109 Å². The largest absolute Gasteiger partial charge is 0.462 e. The topological polar surface area (TPSA) is 78.9 Å². The Labute approximate surface area is 470 Å². The lowest BCUT2D eigenvalue weighted by Gasteiger charge is -2.18. The monoisotopic (exact) mass is 1050 g/mol. The van der Waals surface area contributed by atoms with Gasteiger partial charge in [-0.3, -0.25) is 14.4 Å². The second-order valence-electron chi connectivity index (χ2n) is 20.9. The smallest absolute Gasteiger partial charge is 0.306 e. The zero-order valence-electron chi connectivity index (χ0n) is 49.7. The Hall–Kier alpha value is -3.93. The summed E-state index contributed by atoms with van der Waals surface area (Å²) in [5, 5.41) is 0. The number of hydrogen-bond donors (Lipinski definition) is 0. The van der Waals surface area contributed by atoms with Crippen molar-refractivity contribution in [2.45, 2.75) is 303 Å². The molecule has 0 rings (SSSR count). The Morgan fingerprint density at radius 2 is 0.513 bits per heavy atom. The molecule has 0 aliphatic carbocycles. The van der Waals surface area contributed by atoms with Crippen LogP contribution in [0.2, 0.25) is 0 Å². The van der Waals surface area contributed by atoms with E-state index in [0.717, 1.165) is 103 Å². The fourth-order valence-corrected chi connectivity index (χ4v) is 8.75. The Morgan fingerprint density at radius 1 is 0.276 bits per heavy atom. The highest BCUT2D eigenvalue weighted by molar-refractivity contribution is 5.71. The van der Waals surface area contributed by atoms with Crippen molar-refractivity contribution in [3.05, 3.63) is 109 Å². The number of rotatable bonds is 57. The van der Waals surface area contributed by atoms with E-state index in [4.69, 9.17) is 14.2 Å². The van der Waals surface area contributed by atoms with Crippen LogP contribution in [0.3, 0.4) is 0 Å². The molecule has 0 heterocycles. The quantitative estimate of drug-likeness (QED) is 0.0261. The summed E-state index contributed by atoms with van der Waals surface area (Å²) in [7, 11) is 0. The number of carbonyl (C=O) groups is 3. The van der Waals surface area contributed by atoms with E-state index in [-0.39, 0.29) is 37.5 Å². The molecular weight excluding hydrogens is 937 g/mol. The first-order chi connectivity index (χ1) is 37.5. The summed E-state index contributed by atoms with van der Waals surface area (Å²) in [5.74, 6) is -0.939. The van der Waals surface area contributed by atoms with E-state index in [1.54, 1.807) is 0 Å². The van der Waals surface area contributed by atoms with E-state index in [1.165, 1.54) is 148 Å². The maximum absolute atomic E-state index is 12.8. The molecule has 434 valence electrons. The third-order valence-electron chi connectivity index (χ3n) is 13.5. The van der Waals surface area contributed by atoms with Crippen LogP contribution in [-0.4, -0.2) is 37.2 Å². The van der Waals surface area contributed by atoms with Crippen LogP contribution in [-0.2, 0) is 28.6 Å². The Bertz CT molecular complexity index is 1540. The van der Waals surface area contributed by atoms with Crippen molar-refractivity contribution in [2.75, 3.05) is 13.2 Å². The molecule has 0 amide bonds. The average Bonchev–Trinajstić information content (AvgIpc) is 3.42. The van der Waals surface area contributed by atoms with Gasteiger partial charge >= 0.3 is 17.9 Å². The van der Waals surface area contributed by atoms with E-state index >= 15 is 0 Å². The first-order valence-corrected chi connectivity index (χ1v) is 31.9. The number of esters is 3. The van der Waals surface area contributed by atoms with E-state index in [2.05, 4.69) is 130 Å². The summed E-state index contributed by atoms with van der Waals surface area (Å²) in [6.07, 6.45) is 86.9. The third kappa shape index (κ3) is 60.9. The highest BCUT2D eigenvalue weighted by Gasteiger charge is 2.19. The van der Waals surface area contributed by atoms with Crippen molar-refractivity contribution in [3.63, 3.8) is 0 Å². The zero-order chi connectivity index (χ0) is 55.0. The van der Waals surface area contributed by atoms with Gasteiger partial charge in [-0.15, -0.1) is 0 Å². The number of hydrogen-bond acceptors (Lipinski definition) is 6. The molecule has 0 N–H and O–H groups in total. The summed E-state index contributed by atoms with van der Waals surface area (Å²) < 4.78 is 16.8. The van der Waals surface area contributed by atoms with Gasteiger partial charge in [0.1, 0.15) is 13.2 Å². The second-order valence-corrected chi connectivity index (χ2v) is 20.9. The molecule has 0 aliphatic heterocycles. The van der Waals surface area contributed by atoms with Gasteiger partial charge in [0, 0.05) is 19.3 Å². The molecule has 0 aliphatic rings. The molecule has 0 radical (unpaired) electrons. The molecule has 0 fully saturated rings. The highest BCUT2D eigenvalue weighted by atomic mass is 16.6. The molecule has 76 heavy (non-hydrogen) atoms. The van der Waals surface area contributed by atoms with Crippen LogP contribution >= 0.6 is 0 Å². The standard InChI is InChI=1S/C70H118O6/c1-4-7-10-13-16-19-21-23-25-27-29-31-32-33-34-35-36-37-38-40-41-43-45-47-49-51-54-57-60-63-69(72)75-66-67(65-74-68(71)62-59-56-53-18-15-12-9-6-3)76-70(73)64-61-58-55-52-50-48-46-44-42-39-30-28-26-24-22-20-17-14-11-8-5-2/h8,11,17,20-21,23-24,26-27,29-30,32-33,39,44,46,50,52,67H,4-7,9-10,12-16,18-19,22,25,28,31,34-38,40-43,45,47-49,51,53-66H2,1-3H3/b11-8-,20-17-,23-21-,26-24-,29-27-,33-32-,39-30-,46-44-,52-50-. The first kappa shape index (κ1) is 72.1. The minimum atomic E-state index is -0.801. The molecule has 0 spiro atoms. The summed E-state index contributed by atoms with van der Waals surface area (Å²) in [6, 6.07) is 0. The lowest BCUT2D eigenvalue weighted by Crippen LogP contribution is -2.30. The molecular formula is C70H118O6. The molecule has 1 atom stereocenters. The van der Waals surface area contributed by atoms with Gasteiger partial charge in [0.2, 0.25) is 0 Å². The highest BCUT2D eigenvalue weighted by Crippen LogP contribution is 2.16. The van der Waals surface area contributed by atoms with Gasteiger partial charge in [0.05, 0.1) is 0 Å². The molecule has 0 aromatic carbocycles. The molecule has 6 heteroatoms. The first-order valence-electron chi connectivity index (χ1n) is 31.9. The summed E-state index contributed by atoms with van der Waals surface area (Å²) >= 11 is 0. The van der Waals surface area contributed by atoms with Crippen molar-refractivity contribution in [3.8, 4) is 0 Å². The van der Waals surface area contributed by atoms with Crippen LogP contribution in [0.25, 0.3) is 0 Å². The minimum Gasteiger partial charge on any atom is -0.462 e. The van der Waals surface area contributed by atoms with Crippen LogP contribution in [0.4, 0.5) is 0 Å². The fourth-order valence-electron chi connectivity index (χ4n) is 8.75. The number of ether oxygens (including phenoxy) is 3. The van der Waals surface area contributed by atoms with Gasteiger partial charge in [0.25, 0.3) is 0 Å². The molecule has 0 aromatic rings. The SMILES string of the molecule is CC/C=C\C/C=C\C/C=C\C/C=C\C/C=C\C/C=C\CCCCC(=O)OC(COC(=O)CCCCCCCCCC)COC(=O)CCCCCCCCCCCCCCCC/C=C\C/C=C\C/C=C\CCCCCCC. The predicted molar refractivity (Wildman–Crippen MR) is 330 cm³/mol. The van der Waals surface area contributed by atoms with Gasteiger partial charge < -0.3 is 14.2 Å². The van der Waals surface area contributed by atoms with Crippen LogP contribution in [0, 0.1) is 0 Å². The van der Waals surface area contributed by atoms with Crippen molar-refractivity contribution in [2.24, 2.45) is 0 Å². The van der Waals surface area contributed by atoms with E-state index < -0.39 is 6.10 Å². The lowest BCUT2D eigenvalue weighted by molar-refractivity contribution is -0.167. The normalized spacial score (nSPS) is 12.8. The number of carbonyl (C=O) groups excluding carboxylic acids is 3. The van der Waals surface area contributed by atoms with Crippen LogP contribution < -0.4 is 0 Å². The van der Waals surface area contributed by atoms with Crippen LogP contribution in [0.1, 0.15) is 297 Å². The van der Waals surface area contributed by atoms with Crippen molar-refractivity contribution < 1.29 is 28.6 Å². The maximum atomic E-state index is 12.8. The zero-order valence-corrected chi connectivity index (χ0v) is 49.7. The van der Waals surface area contributed by atoms with Gasteiger partial charge in [-0.25, -0.2) is 0 Å². The van der Waals surface area contributed by atoms with Gasteiger partial charge in [-0.2, -0.15) is 0 Å². The molecule has 1 unspecified atom stereocenters. The van der Waals surface area contributed by atoms with Gasteiger partial charge in [-0.05, 0) is 109 Å². The molecule has 0 bridgehead atoms. The molecule has 6 nitrogen and oxygen atoms in total. The van der Waals surface area contributed by atoms with Crippen molar-refractivity contribution in [1.82, 2.24) is 0 Å². The Kier molecular flexibility index (Phi) is 60.3. The average molecular weight is 1060 g/mol. The van der Waals surface area contributed by atoms with E-state index in [1.807, 2.05) is 0 Å². The number of allylic oxidation sites excluding steroid dienone is 18. The third-order valence-corrected chi connectivity index (χ3v) is 13.5. The lowest BCUT2D eigenvalue weighted by atomic mass is 10.0. The fraction of sp³-hybridized carbons (Fsp3) is 0.700. The predicted octanol–water partition coefficient (Wildman–Crippen LogP) is 21.8. The number of unbranched alkanes of at least 4 members (excludes halogenated alkanes) is 28. The van der Waals surface area contributed by atoms with Crippen LogP contribution in [0.5, 0.6) is 0 Å². The van der Waals surface area contributed by atoms with Gasteiger partial charge in [-0.1, -0.05) is 278 Å². The molecule has 0 saturated heterocycles.